The number of rotatable bonds is 4. The van der Waals surface area contributed by atoms with Crippen molar-refractivity contribution in [2.45, 2.75) is 45.2 Å². The molecule has 2 amide bonds. The molecule has 1 aliphatic heterocycles. The largest absolute Gasteiger partial charge is 0.330 e. The van der Waals surface area contributed by atoms with Crippen LogP contribution < -0.4 is 11.1 Å². The summed E-state index contributed by atoms with van der Waals surface area (Å²) in [6, 6.07) is 4.13. The highest BCUT2D eigenvalue weighted by Crippen LogP contribution is 2.27. The molecule has 0 aromatic heterocycles. The van der Waals surface area contributed by atoms with Crippen molar-refractivity contribution in [2.75, 3.05) is 11.9 Å². The molecule has 1 saturated heterocycles. The average Bonchev–Trinajstić information content (AvgIpc) is 2.55. The van der Waals surface area contributed by atoms with E-state index in [9.17, 15) is 9.59 Å². The van der Waals surface area contributed by atoms with Gasteiger partial charge in [0.1, 0.15) is 6.04 Å². The van der Waals surface area contributed by atoms with E-state index < -0.39 is 6.04 Å². The molecule has 5 nitrogen and oxygen atoms in total. The fourth-order valence-corrected chi connectivity index (χ4v) is 3.22. The van der Waals surface area contributed by atoms with E-state index in [-0.39, 0.29) is 23.8 Å². The van der Waals surface area contributed by atoms with Crippen molar-refractivity contribution in [3.8, 4) is 0 Å². The third-order valence-corrected chi connectivity index (χ3v) is 5.00. The maximum Gasteiger partial charge on any atom is 0.247 e. The summed E-state index contributed by atoms with van der Waals surface area (Å²) in [4.78, 5) is 27.0. The third-order valence-electron chi connectivity index (χ3n) is 4.46. The van der Waals surface area contributed by atoms with Crippen LogP contribution in [-0.4, -0.2) is 35.3 Å². The number of hydrogen-bond acceptors (Lipinski definition) is 3. The normalized spacial score (nSPS) is 20.4. The van der Waals surface area contributed by atoms with Gasteiger partial charge in [-0.05, 0) is 44.4 Å². The summed E-state index contributed by atoms with van der Waals surface area (Å²) in [7, 11) is 0. The maximum absolute atomic E-state index is 12.7. The summed E-state index contributed by atoms with van der Waals surface area (Å²) >= 11 is 12.0. The van der Waals surface area contributed by atoms with Gasteiger partial charge in [-0.15, -0.1) is 0 Å². The molecule has 1 heterocycles. The van der Waals surface area contributed by atoms with Crippen molar-refractivity contribution in [3.05, 3.63) is 28.2 Å². The predicted molar refractivity (Wildman–Crippen MR) is 97.3 cm³/mol. The van der Waals surface area contributed by atoms with E-state index in [0.717, 1.165) is 12.8 Å². The Bertz CT molecular complexity index is 622. The lowest BCUT2D eigenvalue weighted by Gasteiger charge is -2.37. The van der Waals surface area contributed by atoms with Crippen LogP contribution in [0.5, 0.6) is 0 Å². The topological polar surface area (TPSA) is 75.4 Å². The number of nitrogens with zero attached hydrogens (tertiary/aromatic N) is 1. The van der Waals surface area contributed by atoms with Crippen molar-refractivity contribution < 1.29 is 9.59 Å². The minimum Gasteiger partial charge on any atom is -0.330 e. The number of nitrogens with two attached hydrogens (primary N) is 1. The molecule has 0 aliphatic carbocycles. The molecule has 3 N–H and O–H groups in total. The summed E-state index contributed by atoms with van der Waals surface area (Å²) in [5.41, 5.74) is 6.33. The molecule has 1 fully saturated rings. The number of carbonyl (C=O) groups excluding carboxylic acids is 2. The zero-order valence-corrected chi connectivity index (χ0v) is 15.4. The first-order chi connectivity index (χ1) is 11.3. The van der Waals surface area contributed by atoms with Crippen molar-refractivity contribution in [3.63, 3.8) is 0 Å². The molecule has 0 radical (unpaired) electrons. The van der Waals surface area contributed by atoms with Gasteiger partial charge in [0.05, 0.1) is 16.6 Å². The number of piperidine rings is 1. The molecule has 132 valence electrons. The summed E-state index contributed by atoms with van der Waals surface area (Å²) < 4.78 is 0. The van der Waals surface area contributed by atoms with Gasteiger partial charge in [0.15, 0.2) is 0 Å². The highest BCUT2D eigenvalue weighted by molar-refractivity contribution is 6.36. The molecular weight excluding hydrogens is 349 g/mol. The van der Waals surface area contributed by atoms with Gasteiger partial charge < -0.3 is 16.0 Å². The molecule has 1 aromatic rings. The molecule has 3 unspecified atom stereocenters. The second kappa shape index (κ2) is 8.19. The Labute approximate surface area is 152 Å². The maximum atomic E-state index is 12.7. The fourth-order valence-electron chi connectivity index (χ4n) is 2.76. The van der Waals surface area contributed by atoms with Crippen LogP contribution in [0.1, 0.15) is 33.1 Å². The van der Waals surface area contributed by atoms with Gasteiger partial charge in [-0.2, -0.15) is 0 Å². The standard InChI is InChI=1S/C17H23Cl2N3O2/c1-10(11(2)20)17(24)22-8-4-3-5-15(22)16(23)21-14-7-6-12(18)9-13(14)19/h6-7,9-11,15H,3-5,8,20H2,1-2H3,(H,21,23). The van der Waals surface area contributed by atoms with Crippen LogP contribution in [0.4, 0.5) is 5.69 Å². The van der Waals surface area contributed by atoms with E-state index >= 15 is 0 Å². The van der Waals surface area contributed by atoms with Crippen molar-refractivity contribution >= 4 is 40.7 Å². The number of halogens is 2. The number of nitrogens with one attached hydrogen (secondary N) is 1. The van der Waals surface area contributed by atoms with E-state index in [1.165, 1.54) is 0 Å². The lowest BCUT2D eigenvalue weighted by Crippen LogP contribution is -2.53. The molecule has 0 bridgehead atoms. The molecule has 2 rings (SSSR count). The SMILES string of the molecule is CC(N)C(C)C(=O)N1CCCCC1C(=O)Nc1ccc(Cl)cc1Cl. The highest BCUT2D eigenvalue weighted by Gasteiger charge is 2.35. The molecule has 0 saturated carbocycles. The Hall–Kier alpha value is -1.30. The van der Waals surface area contributed by atoms with Crippen LogP contribution in [0.15, 0.2) is 18.2 Å². The average molecular weight is 372 g/mol. The number of hydrogen-bond donors (Lipinski definition) is 2. The monoisotopic (exact) mass is 371 g/mol. The van der Waals surface area contributed by atoms with Crippen molar-refractivity contribution in [1.82, 2.24) is 4.90 Å². The first kappa shape index (κ1) is 19.0. The molecule has 1 aromatic carbocycles. The van der Waals surface area contributed by atoms with Crippen LogP contribution in [0.25, 0.3) is 0 Å². The van der Waals surface area contributed by atoms with Gasteiger partial charge in [0, 0.05) is 17.6 Å². The molecule has 24 heavy (non-hydrogen) atoms. The van der Waals surface area contributed by atoms with Gasteiger partial charge in [-0.3, -0.25) is 9.59 Å². The summed E-state index contributed by atoms with van der Waals surface area (Å²) in [5, 5.41) is 3.67. The van der Waals surface area contributed by atoms with Gasteiger partial charge in [0.2, 0.25) is 11.8 Å². The first-order valence-corrected chi connectivity index (χ1v) is 8.89. The van der Waals surface area contributed by atoms with E-state index in [2.05, 4.69) is 5.32 Å². The second-order valence-corrected chi connectivity index (χ2v) is 7.15. The Morgan fingerprint density at radius 2 is 2.00 bits per heavy atom. The van der Waals surface area contributed by atoms with E-state index in [4.69, 9.17) is 28.9 Å². The van der Waals surface area contributed by atoms with Gasteiger partial charge in [-0.1, -0.05) is 30.1 Å². The molecular formula is C17H23Cl2N3O2. The number of benzene rings is 1. The molecule has 3 atom stereocenters. The zero-order valence-electron chi connectivity index (χ0n) is 13.9. The number of anilines is 1. The van der Waals surface area contributed by atoms with Crippen LogP contribution in [0, 0.1) is 5.92 Å². The smallest absolute Gasteiger partial charge is 0.247 e. The molecule has 7 heteroatoms. The van der Waals surface area contributed by atoms with Gasteiger partial charge >= 0.3 is 0 Å². The lowest BCUT2D eigenvalue weighted by molar-refractivity contribution is -0.143. The summed E-state index contributed by atoms with van der Waals surface area (Å²) in [6.45, 7) is 4.17. The van der Waals surface area contributed by atoms with Crippen LogP contribution in [-0.2, 0) is 9.59 Å². The van der Waals surface area contributed by atoms with Gasteiger partial charge in [0.25, 0.3) is 0 Å². The summed E-state index contributed by atoms with van der Waals surface area (Å²) in [5.74, 6) is -0.631. The van der Waals surface area contributed by atoms with Crippen LogP contribution in [0.2, 0.25) is 10.0 Å². The minimum atomic E-state index is -0.501. The first-order valence-electron chi connectivity index (χ1n) is 8.13. The summed E-state index contributed by atoms with van der Waals surface area (Å²) in [6.07, 6.45) is 2.43. The fraction of sp³-hybridized carbons (Fsp3) is 0.529. The lowest BCUT2D eigenvalue weighted by atomic mass is 9.96. The minimum absolute atomic E-state index is 0.0768. The number of likely N-dealkylation sites (tertiary alicyclic amines) is 1. The van der Waals surface area contributed by atoms with E-state index in [1.54, 1.807) is 36.9 Å². The van der Waals surface area contributed by atoms with Crippen molar-refractivity contribution in [1.29, 1.82) is 0 Å². The Kier molecular flexibility index (Phi) is 6.49. The molecule has 0 spiro atoms. The quantitative estimate of drug-likeness (QED) is 0.852. The third kappa shape index (κ3) is 4.41. The number of carbonyl (C=O) groups is 2. The molecule has 1 aliphatic rings. The zero-order chi connectivity index (χ0) is 17.9. The van der Waals surface area contributed by atoms with E-state index in [0.29, 0.717) is 28.7 Å². The number of amides is 2. The van der Waals surface area contributed by atoms with Crippen LogP contribution in [0.3, 0.4) is 0 Å². The van der Waals surface area contributed by atoms with Crippen LogP contribution >= 0.6 is 23.2 Å². The predicted octanol–water partition coefficient (Wildman–Crippen LogP) is 3.30. The Morgan fingerprint density at radius 3 is 2.62 bits per heavy atom. The van der Waals surface area contributed by atoms with E-state index in [1.807, 2.05) is 0 Å². The highest BCUT2D eigenvalue weighted by atomic mass is 35.5. The van der Waals surface area contributed by atoms with Gasteiger partial charge in [-0.25, -0.2) is 0 Å². The van der Waals surface area contributed by atoms with Crippen molar-refractivity contribution in [2.24, 2.45) is 11.7 Å². The Balaban J connectivity index is 2.14. The second-order valence-electron chi connectivity index (χ2n) is 6.30. The Morgan fingerprint density at radius 1 is 1.29 bits per heavy atom.